The molecule has 3 nitrogen and oxygen atoms in total. The topological polar surface area (TPSA) is 29.9 Å². The van der Waals surface area contributed by atoms with Gasteiger partial charge in [0.1, 0.15) is 5.69 Å². The number of aryl methyl sites for hydroxylation is 1. The molecule has 1 rings (SSSR count). The third-order valence-electron chi connectivity index (χ3n) is 1.42. The summed E-state index contributed by atoms with van der Waals surface area (Å²) in [6, 6.07) is 0. The first kappa shape index (κ1) is 8.82. The Morgan fingerprint density at radius 1 is 1.67 bits per heavy atom. The molecule has 0 spiro atoms. The van der Waals surface area contributed by atoms with E-state index in [-0.39, 0.29) is 0 Å². The lowest BCUT2D eigenvalue weighted by Crippen LogP contribution is -2.05. The van der Waals surface area contributed by atoms with Crippen LogP contribution in [-0.2, 0) is 7.05 Å². The van der Waals surface area contributed by atoms with Crippen molar-refractivity contribution in [2.24, 2.45) is 7.05 Å². The Morgan fingerprint density at radius 2 is 2.50 bits per heavy atom. The lowest BCUT2D eigenvalue weighted by Gasteiger charge is -1.86. The molecule has 0 saturated heterocycles. The zero-order chi connectivity index (χ0) is 8.81. The van der Waals surface area contributed by atoms with Crippen molar-refractivity contribution >= 4 is 0 Å². The van der Waals surface area contributed by atoms with E-state index in [1.807, 2.05) is 24.9 Å². The third-order valence-corrected chi connectivity index (χ3v) is 1.42. The molecule has 0 saturated carbocycles. The Morgan fingerprint density at radius 3 is 3.08 bits per heavy atom. The summed E-state index contributed by atoms with van der Waals surface area (Å²) >= 11 is 0. The van der Waals surface area contributed by atoms with Crippen LogP contribution in [0.1, 0.15) is 12.1 Å². The van der Waals surface area contributed by atoms with Crippen molar-refractivity contribution in [1.82, 2.24) is 14.9 Å². The van der Waals surface area contributed by atoms with E-state index in [1.165, 1.54) is 0 Å². The molecule has 0 aliphatic rings. The predicted molar refractivity (Wildman–Crippen MR) is 48.6 cm³/mol. The van der Waals surface area contributed by atoms with Crippen molar-refractivity contribution in [1.29, 1.82) is 0 Å². The van der Waals surface area contributed by atoms with Gasteiger partial charge in [-0.3, -0.25) is 0 Å². The van der Waals surface area contributed by atoms with Crippen LogP contribution in [0.5, 0.6) is 0 Å². The molecule has 0 aliphatic carbocycles. The van der Waals surface area contributed by atoms with Crippen molar-refractivity contribution in [2.75, 3.05) is 13.6 Å². The molecule has 3 heteroatoms. The summed E-state index contributed by atoms with van der Waals surface area (Å²) in [6.07, 6.45) is 4.53. The molecular weight excluding hydrogens is 150 g/mol. The largest absolute Gasteiger partial charge is 0.339 e. The van der Waals surface area contributed by atoms with E-state index < -0.39 is 0 Å². The molecule has 0 amide bonds. The van der Waals surface area contributed by atoms with E-state index in [9.17, 15) is 0 Å². The Bertz CT molecular complexity index is 290. The summed E-state index contributed by atoms with van der Waals surface area (Å²) < 4.78 is 1.89. The fourth-order valence-corrected chi connectivity index (χ4v) is 0.818. The van der Waals surface area contributed by atoms with Crippen molar-refractivity contribution in [2.45, 2.75) is 6.42 Å². The zero-order valence-corrected chi connectivity index (χ0v) is 7.46. The zero-order valence-electron chi connectivity index (χ0n) is 7.46. The second-order valence-corrected chi connectivity index (χ2v) is 2.58. The molecule has 0 fully saturated rings. The molecule has 0 atom stereocenters. The minimum Gasteiger partial charge on any atom is -0.339 e. The first-order chi connectivity index (χ1) is 5.83. The van der Waals surface area contributed by atoms with Crippen LogP contribution in [0.25, 0.3) is 0 Å². The van der Waals surface area contributed by atoms with Crippen molar-refractivity contribution < 1.29 is 0 Å². The van der Waals surface area contributed by atoms with E-state index in [0.29, 0.717) is 0 Å². The minimum atomic E-state index is 0.841. The van der Waals surface area contributed by atoms with Crippen LogP contribution >= 0.6 is 0 Å². The van der Waals surface area contributed by atoms with Gasteiger partial charge in [0.2, 0.25) is 0 Å². The minimum absolute atomic E-state index is 0.841. The highest BCUT2D eigenvalue weighted by Crippen LogP contribution is 1.89. The predicted octanol–water partition coefficient (Wildman–Crippen LogP) is 0.381. The quantitative estimate of drug-likeness (QED) is 0.504. The van der Waals surface area contributed by atoms with Crippen LogP contribution in [-0.4, -0.2) is 23.1 Å². The average molecular weight is 163 g/mol. The maximum absolute atomic E-state index is 4.08. The van der Waals surface area contributed by atoms with Crippen LogP contribution in [0.3, 0.4) is 0 Å². The van der Waals surface area contributed by atoms with Crippen molar-refractivity contribution in [3.63, 3.8) is 0 Å². The van der Waals surface area contributed by atoms with E-state index >= 15 is 0 Å². The molecule has 0 aliphatic heterocycles. The van der Waals surface area contributed by atoms with Gasteiger partial charge in [0.25, 0.3) is 0 Å². The number of aromatic nitrogens is 2. The van der Waals surface area contributed by atoms with Crippen LogP contribution < -0.4 is 5.32 Å². The van der Waals surface area contributed by atoms with Crippen LogP contribution in [0, 0.1) is 11.8 Å². The van der Waals surface area contributed by atoms with Gasteiger partial charge in [-0.1, -0.05) is 5.92 Å². The van der Waals surface area contributed by atoms with Crippen LogP contribution in [0.15, 0.2) is 12.5 Å². The summed E-state index contributed by atoms with van der Waals surface area (Å²) in [7, 11) is 3.86. The summed E-state index contributed by atoms with van der Waals surface area (Å²) in [6.45, 7) is 0.930. The van der Waals surface area contributed by atoms with E-state index in [4.69, 9.17) is 0 Å². The molecule has 64 valence electrons. The molecule has 1 aromatic heterocycles. The Kier molecular flexibility index (Phi) is 3.36. The standard InChI is InChI=1S/C9H13N3/c1-10-6-4-3-5-9-7-12(2)8-11-9/h7-8,10H,4,6H2,1-2H3. The summed E-state index contributed by atoms with van der Waals surface area (Å²) in [5.41, 5.74) is 0.841. The van der Waals surface area contributed by atoms with Gasteiger partial charge in [0, 0.05) is 26.2 Å². The second kappa shape index (κ2) is 4.58. The number of rotatable bonds is 2. The average Bonchev–Trinajstić information content (AvgIpc) is 2.45. The fourth-order valence-electron chi connectivity index (χ4n) is 0.818. The lowest BCUT2D eigenvalue weighted by molar-refractivity contribution is 0.818. The molecule has 1 heterocycles. The first-order valence-corrected chi connectivity index (χ1v) is 3.94. The van der Waals surface area contributed by atoms with Gasteiger partial charge in [-0.2, -0.15) is 0 Å². The molecule has 0 bridgehead atoms. The van der Waals surface area contributed by atoms with Gasteiger partial charge in [0.05, 0.1) is 6.33 Å². The summed E-state index contributed by atoms with van der Waals surface area (Å²) in [4.78, 5) is 4.08. The normalized spacial score (nSPS) is 9.17. The van der Waals surface area contributed by atoms with Crippen LogP contribution in [0.4, 0.5) is 0 Å². The molecule has 12 heavy (non-hydrogen) atoms. The number of nitrogens with zero attached hydrogens (tertiary/aromatic N) is 2. The fraction of sp³-hybridized carbons (Fsp3) is 0.444. The Balaban J connectivity index is 2.43. The smallest absolute Gasteiger partial charge is 0.131 e. The number of nitrogens with one attached hydrogen (secondary N) is 1. The molecule has 1 N–H and O–H groups in total. The van der Waals surface area contributed by atoms with E-state index in [2.05, 4.69) is 22.1 Å². The number of hydrogen-bond acceptors (Lipinski definition) is 2. The first-order valence-electron chi connectivity index (χ1n) is 3.94. The number of imidazole rings is 1. The Hall–Kier alpha value is -1.27. The monoisotopic (exact) mass is 163 g/mol. The van der Waals surface area contributed by atoms with Crippen LogP contribution in [0.2, 0.25) is 0 Å². The maximum atomic E-state index is 4.08. The van der Waals surface area contributed by atoms with Gasteiger partial charge < -0.3 is 9.88 Å². The maximum Gasteiger partial charge on any atom is 0.131 e. The highest BCUT2D eigenvalue weighted by Gasteiger charge is 1.87. The lowest BCUT2D eigenvalue weighted by atomic mass is 10.4. The molecular formula is C9H13N3. The van der Waals surface area contributed by atoms with Crippen molar-refractivity contribution in [3.05, 3.63) is 18.2 Å². The van der Waals surface area contributed by atoms with Crippen molar-refractivity contribution in [3.8, 4) is 11.8 Å². The second-order valence-electron chi connectivity index (χ2n) is 2.58. The third kappa shape index (κ3) is 2.77. The Labute approximate surface area is 72.8 Å². The van der Waals surface area contributed by atoms with E-state index in [0.717, 1.165) is 18.7 Å². The van der Waals surface area contributed by atoms with Gasteiger partial charge in [-0.25, -0.2) is 4.98 Å². The van der Waals surface area contributed by atoms with Gasteiger partial charge in [0.15, 0.2) is 0 Å². The number of hydrogen-bond donors (Lipinski definition) is 1. The molecule has 1 aromatic rings. The highest BCUT2D eigenvalue weighted by molar-refractivity contribution is 5.24. The summed E-state index contributed by atoms with van der Waals surface area (Å²) in [5.74, 6) is 6.01. The highest BCUT2D eigenvalue weighted by atomic mass is 15.0. The van der Waals surface area contributed by atoms with E-state index in [1.54, 1.807) is 6.33 Å². The molecule has 0 radical (unpaired) electrons. The SMILES string of the molecule is CNCCC#Cc1cn(C)cn1. The van der Waals surface area contributed by atoms with Gasteiger partial charge in [-0.15, -0.1) is 0 Å². The summed E-state index contributed by atoms with van der Waals surface area (Å²) in [5, 5.41) is 3.03. The van der Waals surface area contributed by atoms with Gasteiger partial charge in [-0.05, 0) is 13.0 Å². The molecule has 0 unspecified atom stereocenters. The van der Waals surface area contributed by atoms with Gasteiger partial charge >= 0.3 is 0 Å². The molecule has 0 aromatic carbocycles.